The van der Waals surface area contributed by atoms with Gasteiger partial charge in [0.25, 0.3) is 0 Å². The molecular formula is C7H13NO3S. The van der Waals surface area contributed by atoms with E-state index in [1.54, 1.807) is 20.8 Å². The number of hydrogen-bond donors (Lipinski definition) is 2. The Morgan fingerprint density at radius 2 is 1.92 bits per heavy atom. The van der Waals surface area contributed by atoms with Crippen molar-refractivity contribution in [1.29, 1.82) is 0 Å². The summed E-state index contributed by atoms with van der Waals surface area (Å²) in [6, 6.07) is 0. The molecule has 0 saturated carbocycles. The third-order valence-corrected chi connectivity index (χ3v) is 2.74. The number of carbonyl (C=O) groups excluding carboxylic acids is 1. The summed E-state index contributed by atoms with van der Waals surface area (Å²) in [7, 11) is 0. The fourth-order valence-electron chi connectivity index (χ4n) is 0.550. The van der Waals surface area contributed by atoms with Crippen molar-refractivity contribution >= 4 is 23.6 Å². The maximum atomic E-state index is 10.6. The van der Waals surface area contributed by atoms with Crippen LogP contribution in [0, 0.1) is 0 Å². The smallest absolute Gasteiger partial charge is 0.319 e. The van der Waals surface area contributed by atoms with E-state index in [1.807, 2.05) is 0 Å². The van der Waals surface area contributed by atoms with Gasteiger partial charge in [-0.2, -0.15) is 0 Å². The molecule has 1 unspecified atom stereocenters. The van der Waals surface area contributed by atoms with Gasteiger partial charge in [-0.1, -0.05) is 0 Å². The number of rotatable bonds is 4. The lowest BCUT2D eigenvalue weighted by Crippen LogP contribution is -2.34. The Hall–Kier alpha value is -0.710. The second kappa shape index (κ2) is 3.80. The maximum Gasteiger partial charge on any atom is 0.319 e. The Morgan fingerprint density at radius 3 is 2.17 bits per heavy atom. The van der Waals surface area contributed by atoms with Gasteiger partial charge in [-0.3, -0.25) is 9.59 Å². The largest absolute Gasteiger partial charge is 0.480 e. The van der Waals surface area contributed by atoms with E-state index in [0.717, 1.165) is 11.8 Å². The van der Waals surface area contributed by atoms with Crippen LogP contribution in [0.25, 0.3) is 0 Å². The number of carboxylic acid groups (broad SMARTS) is 1. The van der Waals surface area contributed by atoms with Crippen molar-refractivity contribution in [1.82, 2.24) is 0 Å². The molecule has 3 N–H and O–H groups in total. The highest BCUT2D eigenvalue weighted by atomic mass is 32.2. The molecule has 0 aliphatic heterocycles. The van der Waals surface area contributed by atoms with Gasteiger partial charge in [-0.15, -0.1) is 11.8 Å². The van der Waals surface area contributed by atoms with Gasteiger partial charge in [0, 0.05) is 0 Å². The summed E-state index contributed by atoms with van der Waals surface area (Å²) < 4.78 is -0.964. The van der Waals surface area contributed by atoms with Gasteiger partial charge in [-0.05, 0) is 20.8 Å². The highest BCUT2D eigenvalue weighted by Crippen LogP contribution is 2.28. The Bertz CT molecular complexity index is 203. The minimum atomic E-state index is -0.964. The molecule has 4 nitrogen and oxygen atoms in total. The third-order valence-electron chi connectivity index (χ3n) is 1.39. The molecule has 0 heterocycles. The molecule has 1 amide bonds. The molecule has 1 atom stereocenters. The van der Waals surface area contributed by atoms with E-state index < -0.39 is 21.9 Å². The highest BCUT2D eigenvalue weighted by molar-refractivity contribution is 8.02. The van der Waals surface area contributed by atoms with Crippen LogP contribution in [-0.2, 0) is 9.59 Å². The van der Waals surface area contributed by atoms with Crippen molar-refractivity contribution in [3.05, 3.63) is 0 Å². The number of primary amides is 1. The zero-order valence-corrected chi connectivity index (χ0v) is 8.14. The summed E-state index contributed by atoms with van der Waals surface area (Å²) in [4.78, 5) is 21.2. The topological polar surface area (TPSA) is 80.4 Å². The molecule has 0 aliphatic rings. The van der Waals surface area contributed by atoms with Crippen LogP contribution < -0.4 is 5.73 Å². The normalized spacial score (nSPS) is 13.9. The molecule has 0 aliphatic carbocycles. The molecule has 0 spiro atoms. The van der Waals surface area contributed by atoms with Crippen molar-refractivity contribution < 1.29 is 14.7 Å². The summed E-state index contributed by atoms with van der Waals surface area (Å²) >= 11 is 1.04. The van der Waals surface area contributed by atoms with Crippen LogP contribution in [0.15, 0.2) is 0 Å². The standard InChI is InChI=1S/C7H13NO3S/c1-4(5(8)9)12-7(2,3)6(10)11/h4H,1-3H3,(H2,8,9)(H,10,11). The lowest BCUT2D eigenvalue weighted by Gasteiger charge is -2.20. The molecule has 0 fully saturated rings. The summed E-state index contributed by atoms with van der Waals surface area (Å²) in [6.45, 7) is 4.68. The van der Waals surface area contributed by atoms with Crippen molar-refractivity contribution in [2.75, 3.05) is 0 Å². The lowest BCUT2D eigenvalue weighted by atomic mass is 10.2. The van der Waals surface area contributed by atoms with Crippen molar-refractivity contribution in [3.8, 4) is 0 Å². The van der Waals surface area contributed by atoms with Crippen molar-refractivity contribution in [2.24, 2.45) is 5.73 Å². The first-order chi connectivity index (χ1) is 5.27. The number of carboxylic acids is 1. The average molecular weight is 191 g/mol. The molecule has 0 rings (SSSR count). The quantitative estimate of drug-likeness (QED) is 0.676. The summed E-state index contributed by atoms with van der Waals surface area (Å²) in [5, 5.41) is 8.22. The zero-order valence-electron chi connectivity index (χ0n) is 7.33. The van der Waals surface area contributed by atoms with Gasteiger partial charge in [-0.25, -0.2) is 0 Å². The Balaban J connectivity index is 4.24. The Morgan fingerprint density at radius 1 is 1.50 bits per heavy atom. The Kier molecular flexibility index (Phi) is 3.57. The first-order valence-corrected chi connectivity index (χ1v) is 4.36. The molecule has 12 heavy (non-hydrogen) atoms. The van der Waals surface area contributed by atoms with Crippen LogP contribution in [0.1, 0.15) is 20.8 Å². The minimum absolute atomic E-state index is 0.476. The van der Waals surface area contributed by atoms with Gasteiger partial charge in [0.15, 0.2) is 0 Å². The average Bonchev–Trinajstić information content (AvgIpc) is 1.85. The van der Waals surface area contributed by atoms with E-state index in [0.29, 0.717) is 0 Å². The van der Waals surface area contributed by atoms with E-state index in [1.165, 1.54) is 0 Å². The molecule has 0 bridgehead atoms. The van der Waals surface area contributed by atoms with Gasteiger partial charge >= 0.3 is 5.97 Å². The van der Waals surface area contributed by atoms with Crippen LogP contribution in [0.4, 0.5) is 0 Å². The van der Waals surface area contributed by atoms with Gasteiger partial charge in [0.05, 0.1) is 5.25 Å². The lowest BCUT2D eigenvalue weighted by molar-refractivity contribution is -0.138. The van der Waals surface area contributed by atoms with Crippen molar-refractivity contribution in [3.63, 3.8) is 0 Å². The van der Waals surface area contributed by atoms with Crippen LogP contribution in [0.3, 0.4) is 0 Å². The number of nitrogens with two attached hydrogens (primary N) is 1. The van der Waals surface area contributed by atoms with E-state index in [2.05, 4.69) is 0 Å². The van der Waals surface area contributed by atoms with Crippen LogP contribution in [0.5, 0.6) is 0 Å². The van der Waals surface area contributed by atoms with Crippen LogP contribution in [0.2, 0.25) is 0 Å². The fraction of sp³-hybridized carbons (Fsp3) is 0.714. The summed E-state index contributed by atoms with van der Waals surface area (Å²) in [6.07, 6.45) is 0. The zero-order chi connectivity index (χ0) is 9.94. The predicted octanol–water partition coefficient (Wildman–Crippen LogP) is 0.457. The number of carbonyl (C=O) groups is 2. The van der Waals surface area contributed by atoms with E-state index in [9.17, 15) is 9.59 Å². The van der Waals surface area contributed by atoms with Gasteiger partial charge in [0.2, 0.25) is 5.91 Å². The fourth-order valence-corrected chi connectivity index (χ4v) is 1.65. The molecule has 0 aromatic rings. The van der Waals surface area contributed by atoms with Crippen molar-refractivity contribution in [2.45, 2.75) is 30.8 Å². The van der Waals surface area contributed by atoms with Crippen LogP contribution in [-0.4, -0.2) is 27.0 Å². The number of amides is 1. The molecule has 70 valence electrons. The predicted molar refractivity (Wildman–Crippen MR) is 48.0 cm³/mol. The molecule has 5 heteroatoms. The summed E-state index contributed by atoms with van der Waals surface area (Å²) in [5.41, 5.74) is 4.99. The third kappa shape index (κ3) is 3.13. The monoisotopic (exact) mass is 191 g/mol. The molecule has 0 aromatic heterocycles. The first kappa shape index (κ1) is 11.3. The number of hydrogen-bond acceptors (Lipinski definition) is 3. The van der Waals surface area contributed by atoms with E-state index in [4.69, 9.17) is 10.8 Å². The molecule has 0 radical (unpaired) electrons. The highest BCUT2D eigenvalue weighted by Gasteiger charge is 2.31. The van der Waals surface area contributed by atoms with E-state index >= 15 is 0 Å². The summed E-state index contributed by atoms with van der Waals surface area (Å²) in [5.74, 6) is -1.44. The minimum Gasteiger partial charge on any atom is -0.480 e. The second-order valence-electron chi connectivity index (χ2n) is 2.98. The SMILES string of the molecule is CC(SC(C)(C)C(=O)O)C(N)=O. The van der Waals surface area contributed by atoms with Crippen LogP contribution >= 0.6 is 11.8 Å². The molecule has 0 aromatic carbocycles. The first-order valence-electron chi connectivity index (χ1n) is 3.48. The molecule has 0 saturated heterocycles. The number of thioether (sulfide) groups is 1. The van der Waals surface area contributed by atoms with E-state index in [-0.39, 0.29) is 0 Å². The van der Waals surface area contributed by atoms with Gasteiger partial charge in [0.1, 0.15) is 4.75 Å². The maximum absolute atomic E-state index is 10.6. The second-order valence-corrected chi connectivity index (χ2v) is 4.94. The van der Waals surface area contributed by atoms with Gasteiger partial charge < -0.3 is 10.8 Å². The molecular weight excluding hydrogens is 178 g/mol. The Labute approximate surface area is 75.5 Å². The number of aliphatic carboxylic acids is 1.